The van der Waals surface area contributed by atoms with Gasteiger partial charge in [-0.15, -0.1) is 0 Å². The fourth-order valence-corrected chi connectivity index (χ4v) is 3.74. The van der Waals surface area contributed by atoms with Gasteiger partial charge in [-0.05, 0) is 42.3 Å². The number of carbonyl (C=O) groups excluding carboxylic acids is 1. The largest absolute Gasteiger partial charge is 0.493 e. The van der Waals surface area contributed by atoms with E-state index in [1.54, 1.807) is 14.2 Å². The van der Waals surface area contributed by atoms with Crippen LogP contribution in [0.25, 0.3) is 0 Å². The summed E-state index contributed by atoms with van der Waals surface area (Å²) in [6.45, 7) is 6.78. The fraction of sp³-hybridized carbons (Fsp3) is 0.417. The Morgan fingerprint density at radius 3 is 2.29 bits per heavy atom. The summed E-state index contributed by atoms with van der Waals surface area (Å²) in [5, 5.41) is 11.9. The molecule has 31 heavy (non-hydrogen) atoms. The van der Waals surface area contributed by atoms with Crippen LogP contribution in [0.4, 0.5) is 0 Å². The van der Waals surface area contributed by atoms with Crippen molar-refractivity contribution in [2.75, 3.05) is 40.4 Å². The number of piperazine rings is 1. The van der Waals surface area contributed by atoms with Crippen molar-refractivity contribution in [1.29, 1.82) is 5.26 Å². The molecule has 1 aliphatic heterocycles. The molecule has 1 heterocycles. The summed E-state index contributed by atoms with van der Waals surface area (Å²) < 4.78 is 10.6. The zero-order valence-corrected chi connectivity index (χ0v) is 18.4. The van der Waals surface area contributed by atoms with Crippen LogP contribution in [0.3, 0.4) is 0 Å². The van der Waals surface area contributed by atoms with Gasteiger partial charge in [0.15, 0.2) is 11.5 Å². The number of rotatable bonds is 8. The summed E-state index contributed by atoms with van der Waals surface area (Å²) in [4.78, 5) is 17.3. The highest BCUT2D eigenvalue weighted by Gasteiger charge is 2.25. The normalized spacial score (nSPS) is 15.7. The van der Waals surface area contributed by atoms with E-state index in [0.717, 1.165) is 38.3 Å². The maximum absolute atomic E-state index is 12.7. The van der Waals surface area contributed by atoms with Crippen molar-refractivity contribution >= 4 is 5.91 Å². The molecule has 2 aromatic carbocycles. The van der Waals surface area contributed by atoms with Crippen molar-refractivity contribution in [3.8, 4) is 17.6 Å². The van der Waals surface area contributed by atoms with Gasteiger partial charge >= 0.3 is 0 Å². The highest BCUT2D eigenvalue weighted by Crippen LogP contribution is 2.27. The van der Waals surface area contributed by atoms with E-state index < -0.39 is 0 Å². The first-order chi connectivity index (χ1) is 15.0. The minimum Gasteiger partial charge on any atom is -0.493 e. The molecule has 3 rings (SSSR count). The first kappa shape index (κ1) is 22.6. The second-order valence-corrected chi connectivity index (χ2v) is 7.70. The molecular weight excluding hydrogens is 392 g/mol. The molecule has 164 valence electrons. The molecule has 0 bridgehead atoms. The summed E-state index contributed by atoms with van der Waals surface area (Å²) in [6.07, 6.45) is 0. The molecule has 0 aromatic heterocycles. The molecule has 2 aromatic rings. The van der Waals surface area contributed by atoms with E-state index in [0.29, 0.717) is 23.6 Å². The van der Waals surface area contributed by atoms with E-state index in [1.165, 1.54) is 5.56 Å². The molecule has 0 aliphatic carbocycles. The van der Waals surface area contributed by atoms with Gasteiger partial charge in [-0.2, -0.15) is 5.26 Å². The molecule has 7 heteroatoms. The highest BCUT2D eigenvalue weighted by molar-refractivity contribution is 5.81. The minimum atomic E-state index is -0.183. The monoisotopic (exact) mass is 422 g/mol. The van der Waals surface area contributed by atoms with E-state index in [9.17, 15) is 4.79 Å². The quantitative estimate of drug-likeness (QED) is 0.704. The van der Waals surface area contributed by atoms with Gasteiger partial charge in [-0.3, -0.25) is 14.6 Å². The molecule has 0 spiro atoms. The Morgan fingerprint density at radius 2 is 1.68 bits per heavy atom. The SMILES string of the molecule is COc1ccc(CNC(=O)C(C)N2CCN(Cc3ccc(C#N)cc3)CC2)cc1OC. The van der Waals surface area contributed by atoms with Gasteiger partial charge in [0.05, 0.1) is 31.9 Å². The number of hydrogen-bond acceptors (Lipinski definition) is 6. The number of nitrogens with zero attached hydrogens (tertiary/aromatic N) is 3. The van der Waals surface area contributed by atoms with Crippen LogP contribution < -0.4 is 14.8 Å². The lowest BCUT2D eigenvalue weighted by Gasteiger charge is -2.37. The van der Waals surface area contributed by atoms with Crippen LogP contribution in [0.2, 0.25) is 0 Å². The van der Waals surface area contributed by atoms with Crippen LogP contribution in [0.15, 0.2) is 42.5 Å². The minimum absolute atomic E-state index is 0.0235. The zero-order chi connectivity index (χ0) is 22.2. The third-order valence-electron chi connectivity index (χ3n) is 5.74. The predicted molar refractivity (Wildman–Crippen MR) is 119 cm³/mol. The summed E-state index contributed by atoms with van der Waals surface area (Å²) in [6, 6.07) is 15.3. The van der Waals surface area contributed by atoms with Gasteiger partial charge in [0, 0.05) is 39.3 Å². The van der Waals surface area contributed by atoms with Gasteiger partial charge in [0.2, 0.25) is 5.91 Å². The molecule has 1 saturated heterocycles. The first-order valence-corrected chi connectivity index (χ1v) is 10.5. The number of methoxy groups -OCH3 is 2. The number of hydrogen-bond donors (Lipinski definition) is 1. The first-order valence-electron chi connectivity index (χ1n) is 10.5. The molecule has 1 fully saturated rings. The van der Waals surface area contributed by atoms with Crippen molar-refractivity contribution in [3.05, 3.63) is 59.2 Å². The second-order valence-electron chi connectivity index (χ2n) is 7.70. The maximum Gasteiger partial charge on any atom is 0.237 e. The van der Waals surface area contributed by atoms with Crippen LogP contribution in [-0.4, -0.2) is 62.1 Å². The van der Waals surface area contributed by atoms with Crippen molar-refractivity contribution < 1.29 is 14.3 Å². The molecule has 0 saturated carbocycles. The van der Waals surface area contributed by atoms with E-state index in [-0.39, 0.29) is 11.9 Å². The lowest BCUT2D eigenvalue weighted by molar-refractivity contribution is -0.126. The Hall–Kier alpha value is -3.08. The Balaban J connectivity index is 1.45. The van der Waals surface area contributed by atoms with Crippen molar-refractivity contribution in [3.63, 3.8) is 0 Å². The number of carbonyl (C=O) groups is 1. The summed E-state index contributed by atoms with van der Waals surface area (Å²) >= 11 is 0. The lowest BCUT2D eigenvalue weighted by atomic mass is 10.1. The van der Waals surface area contributed by atoms with E-state index in [1.807, 2.05) is 49.4 Å². The van der Waals surface area contributed by atoms with Gasteiger partial charge < -0.3 is 14.8 Å². The van der Waals surface area contributed by atoms with Gasteiger partial charge in [0.25, 0.3) is 0 Å². The molecule has 1 unspecified atom stereocenters. The van der Waals surface area contributed by atoms with Gasteiger partial charge in [-0.1, -0.05) is 18.2 Å². The van der Waals surface area contributed by atoms with E-state index >= 15 is 0 Å². The number of amides is 1. The van der Waals surface area contributed by atoms with Crippen molar-refractivity contribution in [2.45, 2.75) is 26.1 Å². The van der Waals surface area contributed by atoms with E-state index in [4.69, 9.17) is 14.7 Å². The summed E-state index contributed by atoms with van der Waals surface area (Å²) in [5.41, 5.74) is 2.85. The maximum atomic E-state index is 12.7. The Morgan fingerprint density at radius 1 is 1.03 bits per heavy atom. The molecule has 0 radical (unpaired) electrons. The van der Waals surface area contributed by atoms with Crippen molar-refractivity contribution in [1.82, 2.24) is 15.1 Å². The zero-order valence-electron chi connectivity index (χ0n) is 18.4. The third-order valence-corrected chi connectivity index (χ3v) is 5.74. The Bertz CT molecular complexity index is 915. The lowest BCUT2D eigenvalue weighted by Crippen LogP contribution is -2.53. The second kappa shape index (κ2) is 10.8. The number of nitrogens with one attached hydrogen (secondary N) is 1. The van der Waals surface area contributed by atoms with Crippen LogP contribution in [0.5, 0.6) is 11.5 Å². The Kier molecular flexibility index (Phi) is 7.88. The third kappa shape index (κ3) is 5.97. The predicted octanol–water partition coefficient (Wildman–Crippen LogP) is 2.40. The van der Waals surface area contributed by atoms with Gasteiger partial charge in [-0.25, -0.2) is 0 Å². The molecule has 7 nitrogen and oxygen atoms in total. The van der Waals surface area contributed by atoms with Crippen molar-refractivity contribution in [2.24, 2.45) is 0 Å². The fourth-order valence-electron chi connectivity index (χ4n) is 3.74. The Labute approximate surface area is 184 Å². The topological polar surface area (TPSA) is 77.8 Å². The summed E-state index contributed by atoms with van der Waals surface area (Å²) in [5.74, 6) is 1.35. The van der Waals surface area contributed by atoms with E-state index in [2.05, 4.69) is 21.2 Å². The number of benzene rings is 2. The molecule has 1 N–H and O–H groups in total. The van der Waals surface area contributed by atoms with Crippen LogP contribution in [0.1, 0.15) is 23.6 Å². The highest BCUT2D eigenvalue weighted by atomic mass is 16.5. The van der Waals surface area contributed by atoms with Crippen LogP contribution in [-0.2, 0) is 17.9 Å². The number of ether oxygens (including phenoxy) is 2. The molecule has 1 atom stereocenters. The molecular formula is C24H30N4O3. The number of nitriles is 1. The van der Waals surface area contributed by atoms with Crippen LogP contribution in [0, 0.1) is 11.3 Å². The average molecular weight is 423 g/mol. The summed E-state index contributed by atoms with van der Waals surface area (Å²) in [7, 11) is 3.20. The smallest absolute Gasteiger partial charge is 0.237 e. The van der Waals surface area contributed by atoms with Crippen LogP contribution >= 0.6 is 0 Å². The average Bonchev–Trinajstić information content (AvgIpc) is 2.82. The standard InChI is InChI=1S/C24H30N4O3/c1-18(24(29)26-16-21-8-9-22(30-2)23(14-21)31-3)28-12-10-27(11-13-28)17-20-6-4-19(15-25)5-7-20/h4-9,14,18H,10-13,16-17H2,1-3H3,(H,26,29). The van der Waals surface area contributed by atoms with Gasteiger partial charge in [0.1, 0.15) is 0 Å². The molecule has 1 amide bonds. The molecule has 1 aliphatic rings.